The van der Waals surface area contributed by atoms with Crippen molar-refractivity contribution in [3.05, 3.63) is 71.3 Å². The molecule has 24 heavy (non-hydrogen) atoms. The lowest BCUT2D eigenvalue weighted by Crippen LogP contribution is -2.39. The van der Waals surface area contributed by atoms with E-state index in [4.69, 9.17) is 4.74 Å². The van der Waals surface area contributed by atoms with Gasteiger partial charge in [-0.05, 0) is 29.5 Å². The smallest absolute Gasteiger partial charge is 0.407 e. The summed E-state index contributed by atoms with van der Waals surface area (Å²) >= 11 is 0. The molecular weight excluding hydrogens is 306 g/mol. The summed E-state index contributed by atoms with van der Waals surface area (Å²) < 4.78 is 5.23. The minimum atomic E-state index is -0.905. The second-order valence-electron chi connectivity index (χ2n) is 5.87. The quantitative estimate of drug-likeness (QED) is 0.904. The highest BCUT2D eigenvalue weighted by Gasteiger charge is 2.35. The fourth-order valence-corrected chi connectivity index (χ4v) is 3.10. The van der Waals surface area contributed by atoms with E-state index in [-0.39, 0.29) is 6.61 Å². The summed E-state index contributed by atoms with van der Waals surface area (Å²) in [5.74, 6) is -1.55. The number of carbonyl (C=O) groups excluding carboxylic acids is 1. The van der Waals surface area contributed by atoms with Crippen LogP contribution in [0.4, 0.5) is 4.79 Å². The molecule has 1 aliphatic carbocycles. The van der Waals surface area contributed by atoms with Crippen molar-refractivity contribution < 1.29 is 19.4 Å². The van der Waals surface area contributed by atoms with Gasteiger partial charge in [0.15, 0.2) is 0 Å². The third-order valence-corrected chi connectivity index (χ3v) is 4.32. The molecule has 2 atom stereocenters. The molecular formula is C19H19NO4. The number of carboxylic acids is 1. The molecule has 0 saturated heterocycles. The third-order valence-electron chi connectivity index (χ3n) is 4.32. The molecule has 2 aromatic carbocycles. The molecule has 5 heteroatoms. The monoisotopic (exact) mass is 325 g/mol. The van der Waals surface area contributed by atoms with Crippen LogP contribution in [0.5, 0.6) is 0 Å². The molecule has 0 fully saturated rings. The highest BCUT2D eigenvalue weighted by molar-refractivity contribution is 5.75. The summed E-state index contributed by atoms with van der Waals surface area (Å²) in [7, 11) is 0. The number of fused-ring (bicyclic) bond motifs is 1. The summed E-state index contributed by atoms with van der Waals surface area (Å²) in [6, 6.07) is 16.4. The summed E-state index contributed by atoms with van der Waals surface area (Å²) in [4.78, 5) is 23.7. The average molecular weight is 325 g/mol. The van der Waals surface area contributed by atoms with Gasteiger partial charge in [-0.25, -0.2) is 4.79 Å². The van der Waals surface area contributed by atoms with Gasteiger partial charge in [0.1, 0.15) is 6.61 Å². The molecule has 0 heterocycles. The first-order valence-corrected chi connectivity index (χ1v) is 7.93. The third kappa shape index (κ3) is 3.56. The van der Waals surface area contributed by atoms with Gasteiger partial charge in [-0.15, -0.1) is 0 Å². The summed E-state index contributed by atoms with van der Waals surface area (Å²) in [5.41, 5.74) is 2.81. The van der Waals surface area contributed by atoms with Gasteiger partial charge in [0.2, 0.25) is 0 Å². The van der Waals surface area contributed by atoms with Crippen LogP contribution in [0.15, 0.2) is 54.6 Å². The van der Waals surface area contributed by atoms with Crippen LogP contribution in [-0.2, 0) is 22.6 Å². The first-order chi connectivity index (χ1) is 11.6. The SMILES string of the molecule is O=C(N[C@H]1c2ccccc2CC[C@H]1C(=O)O)OCc1ccccc1. The van der Waals surface area contributed by atoms with E-state index in [1.807, 2.05) is 54.6 Å². The van der Waals surface area contributed by atoms with E-state index in [1.165, 1.54) is 0 Å². The predicted octanol–water partition coefficient (Wildman–Crippen LogP) is 3.30. The highest BCUT2D eigenvalue weighted by Crippen LogP contribution is 2.34. The van der Waals surface area contributed by atoms with Crippen LogP contribution in [0.3, 0.4) is 0 Å². The van der Waals surface area contributed by atoms with Crippen molar-refractivity contribution in [2.45, 2.75) is 25.5 Å². The minimum Gasteiger partial charge on any atom is -0.481 e. The number of carbonyl (C=O) groups is 2. The molecule has 0 saturated carbocycles. The molecule has 0 aliphatic heterocycles. The number of rotatable bonds is 4. The van der Waals surface area contributed by atoms with Crippen LogP contribution in [0.2, 0.25) is 0 Å². The molecule has 0 aromatic heterocycles. The zero-order chi connectivity index (χ0) is 16.9. The molecule has 0 bridgehead atoms. The first-order valence-electron chi connectivity index (χ1n) is 7.93. The Morgan fingerprint density at radius 2 is 1.79 bits per heavy atom. The number of alkyl carbamates (subject to hydrolysis) is 1. The first kappa shape index (κ1) is 16.1. The normalized spacial score (nSPS) is 19.2. The number of aryl methyl sites for hydroxylation is 1. The number of hydrogen-bond acceptors (Lipinski definition) is 3. The van der Waals surface area contributed by atoms with Crippen LogP contribution in [0.25, 0.3) is 0 Å². The number of benzene rings is 2. The van der Waals surface area contributed by atoms with Crippen LogP contribution < -0.4 is 5.32 Å². The fourth-order valence-electron chi connectivity index (χ4n) is 3.10. The van der Waals surface area contributed by atoms with Gasteiger partial charge in [0, 0.05) is 0 Å². The van der Waals surface area contributed by atoms with Crippen LogP contribution in [0.1, 0.15) is 29.2 Å². The number of amides is 1. The molecule has 0 spiro atoms. The summed E-state index contributed by atoms with van der Waals surface area (Å²) in [6.07, 6.45) is 0.590. The molecule has 1 amide bonds. The maximum Gasteiger partial charge on any atom is 0.407 e. The van der Waals surface area contributed by atoms with E-state index in [1.54, 1.807) is 0 Å². The number of aliphatic carboxylic acids is 1. The molecule has 3 rings (SSSR count). The van der Waals surface area contributed by atoms with Crippen molar-refractivity contribution >= 4 is 12.1 Å². The van der Waals surface area contributed by atoms with Crippen molar-refractivity contribution in [3.63, 3.8) is 0 Å². The molecule has 2 N–H and O–H groups in total. The number of nitrogens with one attached hydrogen (secondary N) is 1. The largest absolute Gasteiger partial charge is 0.481 e. The molecule has 1 aliphatic rings. The Morgan fingerprint density at radius 3 is 2.54 bits per heavy atom. The Morgan fingerprint density at radius 1 is 1.08 bits per heavy atom. The van der Waals surface area contributed by atoms with Gasteiger partial charge in [0.25, 0.3) is 0 Å². The van der Waals surface area contributed by atoms with Crippen molar-refractivity contribution in [3.8, 4) is 0 Å². The van der Waals surface area contributed by atoms with Gasteiger partial charge in [-0.1, -0.05) is 54.6 Å². The van der Waals surface area contributed by atoms with Gasteiger partial charge >= 0.3 is 12.1 Å². The molecule has 124 valence electrons. The van der Waals surface area contributed by atoms with Gasteiger partial charge in [-0.3, -0.25) is 4.79 Å². The second-order valence-corrected chi connectivity index (χ2v) is 5.87. The zero-order valence-corrected chi connectivity index (χ0v) is 13.1. The number of ether oxygens (including phenoxy) is 1. The maximum absolute atomic E-state index is 12.1. The predicted molar refractivity (Wildman–Crippen MR) is 88.4 cm³/mol. The lowest BCUT2D eigenvalue weighted by molar-refractivity contribution is -0.143. The maximum atomic E-state index is 12.1. The van der Waals surface area contributed by atoms with Gasteiger partial charge < -0.3 is 15.2 Å². The Hall–Kier alpha value is -2.82. The molecule has 0 unspecified atom stereocenters. The topological polar surface area (TPSA) is 75.6 Å². The van der Waals surface area contributed by atoms with Crippen molar-refractivity contribution in [1.29, 1.82) is 0 Å². The van der Waals surface area contributed by atoms with Crippen LogP contribution in [0, 0.1) is 5.92 Å². The summed E-state index contributed by atoms with van der Waals surface area (Å²) in [6.45, 7) is 0.152. The Kier molecular flexibility index (Phi) is 4.79. The minimum absolute atomic E-state index is 0.152. The number of hydrogen-bond donors (Lipinski definition) is 2. The lowest BCUT2D eigenvalue weighted by Gasteiger charge is -2.31. The average Bonchev–Trinajstić information content (AvgIpc) is 2.61. The Balaban J connectivity index is 1.71. The zero-order valence-electron chi connectivity index (χ0n) is 13.1. The second kappa shape index (κ2) is 7.17. The Bertz CT molecular complexity index is 729. The molecule has 2 aromatic rings. The van der Waals surface area contributed by atoms with E-state index >= 15 is 0 Å². The van der Waals surface area contributed by atoms with E-state index in [0.29, 0.717) is 12.8 Å². The standard InChI is InChI=1S/C19H19NO4/c21-18(22)16-11-10-14-8-4-5-9-15(14)17(16)20-19(23)24-12-13-6-2-1-3-7-13/h1-9,16-17H,10-12H2,(H,20,23)(H,21,22)/t16-,17+/m1/s1. The fraction of sp³-hybridized carbons (Fsp3) is 0.263. The van der Waals surface area contributed by atoms with E-state index < -0.39 is 24.0 Å². The highest BCUT2D eigenvalue weighted by atomic mass is 16.5. The van der Waals surface area contributed by atoms with E-state index in [2.05, 4.69) is 5.32 Å². The van der Waals surface area contributed by atoms with Gasteiger partial charge in [0.05, 0.1) is 12.0 Å². The van der Waals surface area contributed by atoms with Crippen molar-refractivity contribution in [1.82, 2.24) is 5.32 Å². The summed E-state index contributed by atoms with van der Waals surface area (Å²) in [5, 5.41) is 12.2. The number of carboxylic acid groups (broad SMARTS) is 1. The van der Waals surface area contributed by atoms with Gasteiger partial charge in [-0.2, -0.15) is 0 Å². The Labute approximate surface area is 140 Å². The van der Waals surface area contributed by atoms with Crippen LogP contribution >= 0.6 is 0 Å². The lowest BCUT2D eigenvalue weighted by atomic mass is 9.80. The van der Waals surface area contributed by atoms with E-state index in [9.17, 15) is 14.7 Å². The van der Waals surface area contributed by atoms with Crippen molar-refractivity contribution in [2.24, 2.45) is 5.92 Å². The van der Waals surface area contributed by atoms with Crippen LogP contribution in [-0.4, -0.2) is 17.2 Å². The van der Waals surface area contributed by atoms with E-state index in [0.717, 1.165) is 16.7 Å². The molecule has 0 radical (unpaired) electrons. The molecule has 5 nitrogen and oxygen atoms in total. The van der Waals surface area contributed by atoms with Crippen molar-refractivity contribution in [2.75, 3.05) is 0 Å².